The van der Waals surface area contributed by atoms with Crippen molar-refractivity contribution < 1.29 is 4.79 Å². The lowest BCUT2D eigenvalue weighted by Gasteiger charge is -2.06. The highest BCUT2D eigenvalue weighted by molar-refractivity contribution is 6.31. The lowest BCUT2D eigenvalue weighted by Crippen LogP contribution is -2.18. The number of anilines is 2. The van der Waals surface area contributed by atoms with Gasteiger partial charge in [0.25, 0.3) is 5.91 Å². The van der Waals surface area contributed by atoms with Gasteiger partial charge < -0.3 is 16.4 Å². The van der Waals surface area contributed by atoms with E-state index >= 15 is 0 Å². The molecule has 0 bridgehead atoms. The normalized spacial score (nSPS) is 10.8. The van der Waals surface area contributed by atoms with Crippen LogP contribution in [0.3, 0.4) is 0 Å². The second-order valence-electron chi connectivity index (χ2n) is 5.04. The molecular formula is C18H17ClN4O. The van der Waals surface area contributed by atoms with Gasteiger partial charge in [-0.25, -0.2) is 0 Å². The maximum Gasteiger partial charge on any atom is 0.267 e. The molecule has 122 valence electrons. The van der Waals surface area contributed by atoms with E-state index in [1.165, 1.54) is 6.20 Å². The fourth-order valence-corrected chi connectivity index (χ4v) is 2.23. The first kappa shape index (κ1) is 17.4. The summed E-state index contributed by atoms with van der Waals surface area (Å²) in [4.78, 5) is 12.1. The van der Waals surface area contributed by atoms with Crippen molar-refractivity contribution in [3.63, 3.8) is 0 Å². The molecule has 2 aromatic carbocycles. The summed E-state index contributed by atoms with van der Waals surface area (Å²) in [6.07, 6.45) is 2.10. The summed E-state index contributed by atoms with van der Waals surface area (Å²) in [5, 5.41) is 15.4. The molecule has 1 amide bonds. The molecular weight excluding hydrogens is 324 g/mol. The minimum absolute atomic E-state index is 0.00835. The smallest absolute Gasteiger partial charge is 0.267 e. The van der Waals surface area contributed by atoms with E-state index in [0.717, 1.165) is 5.56 Å². The van der Waals surface area contributed by atoms with E-state index < -0.39 is 5.91 Å². The SMILES string of the molecule is N#C/C(=C/NCCc1ccccc1Cl)C(=O)Nc1ccc(N)cc1. The molecule has 24 heavy (non-hydrogen) atoms. The zero-order valence-electron chi connectivity index (χ0n) is 12.9. The summed E-state index contributed by atoms with van der Waals surface area (Å²) in [7, 11) is 0. The van der Waals surface area contributed by atoms with Gasteiger partial charge in [0.1, 0.15) is 11.6 Å². The maximum absolute atomic E-state index is 12.1. The van der Waals surface area contributed by atoms with Crippen molar-refractivity contribution in [3.05, 3.63) is 70.9 Å². The number of hydrogen-bond acceptors (Lipinski definition) is 4. The lowest BCUT2D eigenvalue weighted by atomic mass is 10.1. The molecule has 0 atom stereocenters. The Balaban J connectivity index is 1.89. The average molecular weight is 341 g/mol. The van der Waals surface area contributed by atoms with E-state index in [1.807, 2.05) is 30.3 Å². The van der Waals surface area contributed by atoms with Gasteiger partial charge in [-0.15, -0.1) is 0 Å². The number of rotatable bonds is 6. The van der Waals surface area contributed by atoms with Crippen LogP contribution >= 0.6 is 11.6 Å². The number of carbonyl (C=O) groups excluding carboxylic acids is 1. The number of nitrogens with zero attached hydrogens (tertiary/aromatic N) is 1. The first-order chi connectivity index (χ1) is 11.6. The third-order valence-corrected chi connectivity index (χ3v) is 3.65. The van der Waals surface area contributed by atoms with Crippen molar-refractivity contribution >= 4 is 28.9 Å². The Bertz CT molecular complexity index is 778. The number of nitrogens with two attached hydrogens (primary N) is 1. The van der Waals surface area contributed by atoms with Gasteiger partial charge in [-0.2, -0.15) is 5.26 Å². The minimum Gasteiger partial charge on any atom is -0.399 e. The molecule has 0 aliphatic carbocycles. The molecule has 0 aliphatic heterocycles. The van der Waals surface area contributed by atoms with Crippen LogP contribution in [0.25, 0.3) is 0 Å². The molecule has 4 N–H and O–H groups in total. The van der Waals surface area contributed by atoms with Gasteiger partial charge in [-0.05, 0) is 42.3 Å². The first-order valence-corrected chi connectivity index (χ1v) is 7.72. The number of nitrogen functional groups attached to an aromatic ring is 1. The van der Waals surface area contributed by atoms with Crippen molar-refractivity contribution in [1.29, 1.82) is 5.26 Å². The molecule has 0 heterocycles. The van der Waals surface area contributed by atoms with Gasteiger partial charge in [-0.1, -0.05) is 29.8 Å². The number of nitrogens with one attached hydrogen (secondary N) is 2. The Hall–Kier alpha value is -2.97. The Kier molecular flexibility index (Phi) is 6.23. The molecule has 5 nitrogen and oxygen atoms in total. The van der Waals surface area contributed by atoms with Gasteiger partial charge in [0.15, 0.2) is 0 Å². The number of amides is 1. The Labute approximate surface area is 145 Å². The van der Waals surface area contributed by atoms with Crippen LogP contribution in [0.15, 0.2) is 60.3 Å². The number of nitriles is 1. The van der Waals surface area contributed by atoms with Gasteiger partial charge >= 0.3 is 0 Å². The van der Waals surface area contributed by atoms with Crippen LogP contribution in [0.5, 0.6) is 0 Å². The monoisotopic (exact) mass is 340 g/mol. The van der Waals surface area contributed by atoms with E-state index in [1.54, 1.807) is 24.3 Å². The first-order valence-electron chi connectivity index (χ1n) is 7.34. The van der Waals surface area contributed by atoms with Crippen molar-refractivity contribution in [1.82, 2.24) is 5.32 Å². The second kappa shape index (κ2) is 8.61. The van der Waals surface area contributed by atoms with Gasteiger partial charge in [0, 0.05) is 29.1 Å². The zero-order chi connectivity index (χ0) is 17.4. The highest BCUT2D eigenvalue weighted by atomic mass is 35.5. The molecule has 0 aromatic heterocycles. The number of halogens is 1. The fraction of sp³-hybridized carbons (Fsp3) is 0.111. The zero-order valence-corrected chi connectivity index (χ0v) is 13.7. The number of carbonyl (C=O) groups is 1. The van der Waals surface area contributed by atoms with Crippen LogP contribution in [0.4, 0.5) is 11.4 Å². The van der Waals surface area contributed by atoms with Crippen LogP contribution in [0.1, 0.15) is 5.56 Å². The highest BCUT2D eigenvalue weighted by Crippen LogP contribution is 2.15. The van der Waals surface area contributed by atoms with Gasteiger partial charge in [-0.3, -0.25) is 4.79 Å². The highest BCUT2D eigenvalue weighted by Gasteiger charge is 2.09. The maximum atomic E-state index is 12.1. The molecule has 0 fully saturated rings. The van der Waals surface area contributed by atoms with E-state index in [2.05, 4.69) is 10.6 Å². The fourth-order valence-electron chi connectivity index (χ4n) is 2.00. The summed E-state index contributed by atoms with van der Waals surface area (Å²) in [6.45, 7) is 0.560. The summed E-state index contributed by atoms with van der Waals surface area (Å²) < 4.78 is 0. The average Bonchev–Trinajstić information content (AvgIpc) is 2.58. The predicted molar refractivity (Wildman–Crippen MR) is 96.3 cm³/mol. The van der Waals surface area contributed by atoms with E-state index in [-0.39, 0.29) is 5.57 Å². The third kappa shape index (κ3) is 5.04. The molecule has 0 saturated heterocycles. The Morgan fingerprint density at radius 2 is 1.92 bits per heavy atom. The molecule has 2 aromatic rings. The van der Waals surface area contributed by atoms with E-state index in [4.69, 9.17) is 22.6 Å². The lowest BCUT2D eigenvalue weighted by molar-refractivity contribution is -0.112. The van der Waals surface area contributed by atoms with Crippen molar-refractivity contribution in [3.8, 4) is 6.07 Å². The second-order valence-corrected chi connectivity index (χ2v) is 5.45. The third-order valence-electron chi connectivity index (χ3n) is 3.28. The topological polar surface area (TPSA) is 90.9 Å². The van der Waals surface area contributed by atoms with Crippen LogP contribution in [0.2, 0.25) is 5.02 Å². The summed E-state index contributed by atoms with van der Waals surface area (Å²) in [6, 6.07) is 16.1. The number of benzene rings is 2. The molecule has 0 saturated carbocycles. The Morgan fingerprint density at radius 1 is 1.21 bits per heavy atom. The molecule has 2 rings (SSSR count). The van der Waals surface area contributed by atoms with E-state index in [0.29, 0.717) is 29.4 Å². The van der Waals surface area contributed by atoms with Crippen molar-refractivity contribution in [2.24, 2.45) is 0 Å². The van der Waals surface area contributed by atoms with Crippen molar-refractivity contribution in [2.45, 2.75) is 6.42 Å². The molecule has 0 spiro atoms. The van der Waals surface area contributed by atoms with Crippen LogP contribution in [-0.4, -0.2) is 12.5 Å². The van der Waals surface area contributed by atoms with Crippen LogP contribution < -0.4 is 16.4 Å². The number of hydrogen-bond donors (Lipinski definition) is 3. The molecule has 0 radical (unpaired) electrons. The molecule has 0 unspecified atom stereocenters. The van der Waals surface area contributed by atoms with Gasteiger partial charge in [0.2, 0.25) is 0 Å². The van der Waals surface area contributed by atoms with Gasteiger partial charge in [0.05, 0.1) is 0 Å². The largest absolute Gasteiger partial charge is 0.399 e. The summed E-state index contributed by atoms with van der Waals surface area (Å²) in [5.41, 5.74) is 7.76. The van der Waals surface area contributed by atoms with E-state index in [9.17, 15) is 4.79 Å². The Morgan fingerprint density at radius 3 is 2.58 bits per heavy atom. The summed E-state index contributed by atoms with van der Waals surface area (Å²) >= 11 is 6.08. The van der Waals surface area contributed by atoms with Crippen LogP contribution in [-0.2, 0) is 11.2 Å². The molecule has 0 aliphatic rings. The van der Waals surface area contributed by atoms with Crippen LogP contribution in [0, 0.1) is 11.3 Å². The van der Waals surface area contributed by atoms with Crippen molar-refractivity contribution in [2.75, 3.05) is 17.6 Å². The quantitative estimate of drug-likeness (QED) is 0.326. The molecule has 6 heteroatoms. The predicted octanol–water partition coefficient (Wildman–Crippen LogP) is 3.10. The minimum atomic E-state index is -0.479. The standard InChI is InChI=1S/C18H17ClN4O/c19-17-4-2-1-3-13(17)9-10-22-12-14(11-20)18(24)23-16-7-5-15(21)6-8-16/h1-8,12,22H,9-10,21H2,(H,23,24)/b14-12-. The summed E-state index contributed by atoms with van der Waals surface area (Å²) in [5.74, 6) is -0.479.